The van der Waals surface area contributed by atoms with E-state index in [9.17, 15) is 18.0 Å². The molecule has 2 saturated heterocycles. The summed E-state index contributed by atoms with van der Waals surface area (Å²) in [6.45, 7) is 2.25. The van der Waals surface area contributed by atoms with Crippen molar-refractivity contribution >= 4 is 39.1 Å². The Morgan fingerprint density at radius 1 is 1.17 bits per heavy atom. The third-order valence-electron chi connectivity index (χ3n) is 5.27. The number of halogens is 1. The molecule has 30 heavy (non-hydrogen) atoms. The van der Waals surface area contributed by atoms with E-state index in [1.807, 2.05) is 0 Å². The Morgan fingerprint density at radius 3 is 2.47 bits per heavy atom. The lowest BCUT2D eigenvalue weighted by molar-refractivity contribution is -0.176. The number of sulfonamides is 1. The van der Waals surface area contributed by atoms with Gasteiger partial charge in [-0.15, -0.1) is 0 Å². The second-order valence-electron chi connectivity index (χ2n) is 7.73. The highest BCUT2D eigenvalue weighted by molar-refractivity contribution is 7.89. The quantitative estimate of drug-likeness (QED) is 0.719. The Hall–Kier alpha value is -2.46. The van der Waals surface area contributed by atoms with Crippen LogP contribution in [0.3, 0.4) is 0 Å². The van der Waals surface area contributed by atoms with Crippen molar-refractivity contribution in [1.82, 2.24) is 4.90 Å². The van der Waals surface area contributed by atoms with Crippen molar-refractivity contribution in [3.8, 4) is 0 Å². The Morgan fingerprint density at radius 2 is 1.87 bits per heavy atom. The number of amides is 2. The van der Waals surface area contributed by atoms with Gasteiger partial charge in [0.2, 0.25) is 15.9 Å². The number of nitrogens with two attached hydrogens (primary N) is 1. The van der Waals surface area contributed by atoms with Crippen molar-refractivity contribution in [2.45, 2.75) is 11.3 Å². The molecule has 0 aromatic heterocycles. The zero-order valence-electron chi connectivity index (χ0n) is 15.9. The first-order chi connectivity index (χ1) is 14.2. The second-order valence-corrected chi connectivity index (χ2v) is 9.66. The van der Waals surface area contributed by atoms with Crippen LogP contribution in [0.4, 0.5) is 5.69 Å². The van der Waals surface area contributed by atoms with Gasteiger partial charge in [-0.2, -0.15) is 0 Å². The molecule has 2 aromatic rings. The number of ether oxygens (including phenoxy) is 1. The third kappa shape index (κ3) is 4.06. The van der Waals surface area contributed by atoms with E-state index in [-0.39, 0.29) is 33.9 Å². The summed E-state index contributed by atoms with van der Waals surface area (Å²) in [6.07, 6.45) is 0.0169. The molecule has 0 unspecified atom stereocenters. The molecule has 1 spiro atoms. The van der Waals surface area contributed by atoms with Crippen LogP contribution in [0.5, 0.6) is 0 Å². The average Bonchev–Trinajstić information content (AvgIpc) is 2.60. The molecular formula is C20H20ClN3O5S. The first kappa shape index (κ1) is 20.8. The summed E-state index contributed by atoms with van der Waals surface area (Å²) in [7, 11) is -4.18. The van der Waals surface area contributed by atoms with Gasteiger partial charge in [-0.3, -0.25) is 9.59 Å². The summed E-state index contributed by atoms with van der Waals surface area (Å²) in [4.78, 5) is 26.4. The van der Waals surface area contributed by atoms with Gasteiger partial charge < -0.3 is 15.0 Å². The van der Waals surface area contributed by atoms with Crippen molar-refractivity contribution in [2.24, 2.45) is 10.6 Å². The highest BCUT2D eigenvalue weighted by atomic mass is 35.5. The van der Waals surface area contributed by atoms with Crippen molar-refractivity contribution in [3.05, 3.63) is 58.6 Å². The molecule has 4 rings (SSSR count). The lowest BCUT2D eigenvalue weighted by Gasteiger charge is -2.54. The van der Waals surface area contributed by atoms with E-state index < -0.39 is 15.9 Å². The molecule has 2 aliphatic rings. The lowest BCUT2D eigenvalue weighted by atomic mass is 9.78. The summed E-state index contributed by atoms with van der Waals surface area (Å²) in [5.74, 6) is -0.789. The van der Waals surface area contributed by atoms with Crippen LogP contribution in [-0.4, -0.2) is 51.4 Å². The fourth-order valence-electron chi connectivity index (χ4n) is 3.68. The van der Waals surface area contributed by atoms with Gasteiger partial charge in [0, 0.05) is 23.8 Å². The SMILES string of the molecule is NS(=O)(=O)c1cc(NC(=O)Cc2ccccc2Cl)ccc1C(=O)N1CC2(COC2)C1. The Bertz CT molecular complexity index is 1120. The van der Waals surface area contributed by atoms with Crippen molar-refractivity contribution in [2.75, 3.05) is 31.6 Å². The molecular weight excluding hydrogens is 430 g/mol. The molecule has 2 aliphatic heterocycles. The highest BCUT2D eigenvalue weighted by Crippen LogP contribution is 2.38. The maximum absolute atomic E-state index is 12.8. The molecule has 2 amide bonds. The van der Waals surface area contributed by atoms with Gasteiger partial charge in [0.25, 0.3) is 5.91 Å². The average molecular weight is 450 g/mol. The maximum atomic E-state index is 12.8. The van der Waals surface area contributed by atoms with Gasteiger partial charge in [0.15, 0.2) is 0 Å². The van der Waals surface area contributed by atoms with Gasteiger partial charge in [-0.05, 0) is 29.8 Å². The largest absolute Gasteiger partial charge is 0.380 e. The van der Waals surface area contributed by atoms with E-state index >= 15 is 0 Å². The molecule has 0 radical (unpaired) electrons. The molecule has 0 atom stereocenters. The zero-order valence-corrected chi connectivity index (χ0v) is 17.5. The van der Waals surface area contributed by atoms with Crippen LogP contribution in [0.1, 0.15) is 15.9 Å². The number of rotatable bonds is 5. The number of carbonyl (C=O) groups is 2. The van der Waals surface area contributed by atoms with E-state index in [0.29, 0.717) is 36.9 Å². The van der Waals surface area contributed by atoms with E-state index in [2.05, 4.69) is 5.32 Å². The first-order valence-corrected chi connectivity index (χ1v) is 11.2. The van der Waals surface area contributed by atoms with Crippen LogP contribution in [0.15, 0.2) is 47.4 Å². The van der Waals surface area contributed by atoms with Gasteiger partial charge in [0.05, 0.1) is 35.5 Å². The number of hydrogen-bond donors (Lipinski definition) is 2. The van der Waals surface area contributed by atoms with E-state index in [1.54, 1.807) is 29.2 Å². The molecule has 8 nitrogen and oxygen atoms in total. The smallest absolute Gasteiger partial charge is 0.255 e. The second kappa shape index (κ2) is 7.66. The number of primary sulfonamides is 1. The molecule has 0 bridgehead atoms. The molecule has 0 aliphatic carbocycles. The number of likely N-dealkylation sites (tertiary alicyclic amines) is 1. The normalized spacial score (nSPS) is 17.2. The minimum absolute atomic E-state index is 0.00401. The van der Waals surface area contributed by atoms with E-state index in [0.717, 1.165) is 0 Å². The summed E-state index contributed by atoms with van der Waals surface area (Å²) >= 11 is 6.07. The highest BCUT2D eigenvalue weighted by Gasteiger charge is 2.51. The first-order valence-electron chi connectivity index (χ1n) is 9.24. The Kier molecular flexibility index (Phi) is 5.31. The Balaban J connectivity index is 1.52. The topological polar surface area (TPSA) is 119 Å². The van der Waals surface area contributed by atoms with E-state index in [1.165, 1.54) is 18.2 Å². The summed E-state index contributed by atoms with van der Waals surface area (Å²) in [5, 5.41) is 8.43. The number of carbonyl (C=O) groups excluding carboxylic acids is 2. The van der Waals surface area contributed by atoms with Gasteiger partial charge in [0.1, 0.15) is 0 Å². The molecule has 3 N–H and O–H groups in total. The molecule has 10 heteroatoms. The molecule has 2 heterocycles. The summed E-state index contributed by atoms with van der Waals surface area (Å²) < 4.78 is 29.4. The van der Waals surface area contributed by atoms with Gasteiger partial charge in [-0.25, -0.2) is 13.6 Å². The number of anilines is 1. The predicted octanol–water partition coefficient (Wildman–Crippen LogP) is 1.64. The molecule has 2 aromatic carbocycles. The van der Waals surface area contributed by atoms with Gasteiger partial charge in [-0.1, -0.05) is 29.8 Å². The number of benzene rings is 2. The molecule has 0 saturated carbocycles. The zero-order chi connectivity index (χ0) is 21.5. The monoisotopic (exact) mass is 449 g/mol. The number of nitrogens with zero attached hydrogens (tertiary/aromatic N) is 1. The summed E-state index contributed by atoms with van der Waals surface area (Å²) in [6, 6.07) is 11.0. The van der Waals surface area contributed by atoms with E-state index in [4.69, 9.17) is 21.5 Å². The Labute approximate surface area is 179 Å². The van der Waals surface area contributed by atoms with Crippen LogP contribution >= 0.6 is 11.6 Å². The van der Waals surface area contributed by atoms with Crippen molar-refractivity contribution < 1.29 is 22.7 Å². The molecule has 158 valence electrons. The predicted molar refractivity (Wildman–Crippen MR) is 111 cm³/mol. The van der Waals surface area contributed by atoms with Crippen LogP contribution in [0.25, 0.3) is 0 Å². The minimum Gasteiger partial charge on any atom is -0.380 e. The fraction of sp³-hybridized carbons (Fsp3) is 0.300. The fourth-order valence-corrected chi connectivity index (χ4v) is 4.64. The maximum Gasteiger partial charge on any atom is 0.255 e. The van der Waals surface area contributed by atoms with Crippen LogP contribution in [0.2, 0.25) is 5.02 Å². The van der Waals surface area contributed by atoms with Crippen LogP contribution in [-0.2, 0) is 26.0 Å². The lowest BCUT2D eigenvalue weighted by Crippen LogP contribution is -2.67. The summed E-state index contributed by atoms with van der Waals surface area (Å²) in [5.41, 5.74) is 0.850. The third-order valence-corrected chi connectivity index (χ3v) is 6.59. The standard InChI is InChI=1S/C20H20ClN3O5S/c21-16-4-2-1-3-13(16)7-18(25)23-14-5-6-15(17(8-14)30(22,27)28)19(26)24-9-20(10-24)11-29-12-20/h1-6,8H,7,9-12H2,(H,23,25)(H2,22,27,28). The van der Waals surface area contributed by atoms with Crippen LogP contribution < -0.4 is 10.5 Å². The molecule has 2 fully saturated rings. The van der Waals surface area contributed by atoms with Crippen LogP contribution in [0, 0.1) is 5.41 Å². The van der Waals surface area contributed by atoms with Crippen molar-refractivity contribution in [1.29, 1.82) is 0 Å². The number of nitrogens with one attached hydrogen (secondary N) is 1. The number of hydrogen-bond acceptors (Lipinski definition) is 5. The van der Waals surface area contributed by atoms with Gasteiger partial charge >= 0.3 is 0 Å². The van der Waals surface area contributed by atoms with Crippen molar-refractivity contribution in [3.63, 3.8) is 0 Å². The minimum atomic E-state index is -4.18.